The van der Waals surface area contributed by atoms with Gasteiger partial charge in [-0.05, 0) is 37.0 Å². The van der Waals surface area contributed by atoms with Crippen LogP contribution in [-0.2, 0) is 16.1 Å². The minimum Gasteiger partial charge on any atom is -0.493 e. The SMILES string of the molecule is CCCCOc1ccc(CNC(=O)CC2(C(=O)O)CCC2)cc1OC. The normalized spacial score (nSPS) is 15.1. The van der Waals surface area contributed by atoms with E-state index in [1.54, 1.807) is 7.11 Å². The van der Waals surface area contributed by atoms with Gasteiger partial charge in [0.25, 0.3) is 0 Å². The summed E-state index contributed by atoms with van der Waals surface area (Å²) in [5, 5.41) is 12.1. The van der Waals surface area contributed by atoms with E-state index in [0.29, 0.717) is 37.5 Å². The highest BCUT2D eigenvalue weighted by Gasteiger charge is 2.45. The molecule has 0 atom stereocenters. The highest BCUT2D eigenvalue weighted by atomic mass is 16.5. The summed E-state index contributed by atoms with van der Waals surface area (Å²) in [6, 6.07) is 5.54. The first-order valence-electron chi connectivity index (χ1n) is 8.80. The molecule has 0 unspecified atom stereocenters. The maximum atomic E-state index is 12.1. The van der Waals surface area contributed by atoms with Crippen LogP contribution in [0.25, 0.3) is 0 Å². The first-order valence-corrected chi connectivity index (χ1v) is 8.80. The molecule has 1 aromatic rings. The number of carbonyl (C=O) groups is 2. The zero-order valence-corrected chi connectivity index (χ0v) is 15.0. The van der Waals surface area contributed by atoms with Gasteiger partial charge in [-0.2, -0.15) is 0 Å². The van der Waals surface area contributed by atoms with E-state index < -0.39 is 11.4 Å². The molecule has 1 amide bonds. The van der Waals surface area contributed by atoms with E-state index >= 15 is 0 Å². The number of methoxy groups -OCH3 is 1. The Balaban J connectivity index is 1.89. The second kappa shape index (κ2) is 8.74. The van der Waals surface area contributed by atoms with Crippen LogP contribution in [0.1, 0.15) is 51.0 Å². The van der Waals surface area contributed by atoms with E-state index in [2.05, 4.69) is 12.2 Å². The lowest BCUT2D eigenvalue weighted by molar-refractivity contribution is -0.157. The fourth-order valence-corrected chi connectivity index (χ4v) is 2.91. The fourth-order valence-electron chi connectivity index (χ4n) is 2.91. The van der Waals surface area contributed by atoms with Crippen LogP contribution in [0.2, 0.25) is 0 Å². The summed E-state index contributed by atoms with van der Waals surface area (Å²) in [5.74, 6) is 0.211. The van der Waals surface area contributed by atoms with Gasteiger partial charge in [0.1, 0.15) is 0 Å². The van der Waals surface area contributed by atoms with Gasteiger partial charge >= 0.3 is 5.97 Å². The van der Waals surface area contributed by atoms with Gasteiger partial charge in [0.2, 0.25) is 5.91 Å². The molecule has 1 aliphatic rings. The third kappa shape index (κ3) is 4.87. The van der Waals surface area contributed by atoms with Gasteiger partial charge in [0.15, 0.2) is 11.5 Å². The van der Waals surface area contributed by atoms with Gasteiger partial charge in [-0.25, -0.2) is 0 Å². The lowest BCUT2D eigenvalue weighted by atomic mass is 9.66. The third-order valence-electron chi connectivity index (χ3n) is 4.74. The van der Waals surface area contributed by atoms with Crippen LogP contribution >= 0.6 is 0 Å². The van der Waals surface area contributed by atoms with Crippen molar-refractivity contribution in [2.45, 2.75) is 52.0 Å². The van der Waals surface area contributed by atoms with Crippen molar-refractivity contribution in [1.29, 1.82) is 0 Å². The minimum absolute atomic E-state index is 0.0394. The number of carboxylic acid groups (broad SMARTS) is 1. The zero-order chi connectivity index (χ0) is 18.3. The molecule has 0 aromatic heterocycles. The second-order valence-electron chi connectivity index (χ2n) is 6.58. The molecule has 0 spiro atoms. The van der Waals surface area contributed by atoms with Crippen molar-refractivity contribution < 1.29 is 24.2 Å². The Bertz CT molecular complexity index is 610. The van der Waals surface area contributed by atoms with Gasteiger partial charge in [-0.1, -0.05) is 25.8 Å². The van der Waals surface area contributed by atoms with Crippen molar-refractivity contribution in [2.75, 3.05) is 13.7 Å². The second-order valence-corrected chi connectivity index (χ2v) is 6.58. The first-order chi connectivity index (χ1) is 12.0. The fraction of sp³-hybridized carbons (Fsp3) is 0.579. The van der Waals surface area contributed by atoms with Gasteiger partial charge in [0, 0.05) is 13.0 Å². The van der Waals surface area contributed by atoms with E-state index in [0.717, 1.165) is 24.8 Å². The number of hydrogen-bond donors (Lipinski definition) is 2. The van der Waals surface area contributed by atoms with Crippen molar-refractivity contribution in [1.82, 2.24) is 5.32 Å². The van der Waals surface area contributed by atoms with Crippen LogP contribution in [-0.4, -0.2) is 30.7 Å². The summed E-state index contributed by atoms with van der Waals surface area (Å²) in [7, 11) is 1.58. The summed E-state index contributed by atoms with van der Waals surface area (Å²) < 4.78 is 11.0. The Kier molecular flexibility index (Phi) is 6.67. The summed E-state index contributed by atoms with van der Waals surface area (Å²) >= 11 is 0. The maximum absolute atomic E-state index is 12.1. The quantitative estimate of drug-likeness (QED) is 0.634. The predicted molar refractivity (Wildman–Crippen MR) is 93.8 cm³/mol. The molecular weight excluding hydrogens is 322 g/mol. The molecule has 1 aliphatic carbocycles. The molecule has 0 heterocycles. The monoisotopic (exact) mass is 349 g/mol. The highest BCUT2D eigenvalue weighted by Crippen LogP contribution is 2.44. The lowest BCUT2D eigenvalue weighted by Gasteiger charge is -2.36. The number of rotatable bonds is 10. The topological polar surface area (TPSA) is 84.9 Å². The van der Waals surface area contributed by atoms with Gasteiger partial charge < -0.3 is 19.9 Å². The van der Waals surface area contributed by atoms with Crippen molar-refractivity contribution in [3.8, 4) is 11.5 Å². The van der Waals surface area contributed by atoms with E-state index in [1.807, 2.05) is 18.2 Å². The molecule has 25 heavy (non-hydrogen) atoms. The average Bonchev–Trinajstić information content (AvgIpc) is 2.56. The summed E-state index contributed by atoms with van der Waals surface area (Å²) in [6.45, 7) is 3.07. The largest absolute Gasteiger partial charge is 0.493 e. The van der Waals surface area contributed by atoms with Gasteiger partial charge in [-0.3, -0.25) is 9.59 Å². The van der Waals surface area contributed by atoms with Crippen molar-refractivity contribution in [3.05, 3.63) is 23.8 Å². The summed E-state index contributed by atoms with van der Waals surface area (Å²) in [4.78, 5) is 23.4. The van der Waals surface area contributed by atoms with E-state index in [1.165, 1.54) is 0 Å². The average molecular weight is 349 g/mol. The number of amides is 1. The third-order valence-corrected chi connectivity index (χ3v) is 4.74. The number of hydrogen-bond acceptors (Lipinski definition) is 4. The Hall–Kier alpha value is -2.24. The molecule has 1 aromatic carbocycles. The number of ether oxygens (including phenoxy) is 2. The molecule has 1 fully saturated rings. The number of carboxylic acids is 1. The number of nitrogens with one attached hydrogen (secondary N) is 1. The standard InChI is InChI=1S/C19H27NO5/c1-3-4-10-25-15-7-6-14(11-16(15)24-2)13-20-17(21)12-19(18(22)23)8-5-9-19/h6-7,11H,3-5,8-10,12-13H2,1-2H3,(H,20,21)(H,22,23). The summed E-state index contributed by atoms with van der Waals surface area (Å²) in [5.41, 5.74) is 0.0182. The molecule has 6 nitrogen and oxygen atoms in total. The Morgan fingerprint density at radius 3 is 2.60 bits per heavy atom. The lowest BCUT2D eigenvalue weighted by Crippen LogP contribution is -2.42. The summed E-state index contributed by atoms with van der Waals surface area (Å²) in [6.07, 6.45) is 4.10. The van der Waals surface area contributed by atoms with Crippen molar-refractivity contribution >= 4 is 11.9 Å². The molecular formula is C19H27NO5. The molecule has 1 saturated carbocycles. The predicted octanol–water partition coefficient (Wildman–Crippen LogP) is 3.14. The molecule has 0 aliphatic heterocycles. The van der Waals surface area contributed by atoms with Crippen molar-refractivity contribution in [3.63, 3.8) is 0 Å². The zero-order valence-electron chi connectivity index (χ0n) is 15.0. The van der Waals surface area contributed by atoms with Gasteiger partial charge in [0.05, 0.1) is 19.1 Å². The van der Waals surface area contributed by atoms with E-state index in [9.17, 15) is 14.7 Å². The Morgan fingerprint density at radius 2 is 2.04 bits per heavy atom. The van der Waals surface area contributed by atoms with Crippen LogP contribution in [0.15, 0.2) is 18.2 Å². The number of aliphatic carboxylic acids is 1. The van der Waals surface area contributed by atoms with Crippen LogP contribution in [0, 0.1) is 5.41 Å². The molecule has 2 rings (SSSR count). The minimum atomic E-state index is -0.871. The number of benzene rings is 1. The maximum Gasteiger partial charge on any atom is 0.310 e. The highest BCUT2D eigenvalue weighted by molar-refractivity contribution is 5.85. The Labute approximate surface area is 148 Å². The van der Waals surface area contributed by atoms with E-state index in [4.69, 9.17) is 9.47 Å². The van der Waals surface area contributed by atoms with Crippen LogP contribution in [0.4, 0.5) is 0 Å². The van der Waals surface area contributed by atoms with Crippen LogP contribution in [0.5, 0.6) is 11.5 Å². The molecule has 2 N–H and O–H groups in total. The smallest absolute Gasteiger partial charge is 0.310 e. The molecule has 0 radical (unpaired) electrons. The number of unbranched alkanes of at least 4 members (excludes halogenated alkanes) is 1. The Morgan fingerprint density at radius 1 is 1.28 bits per heavy atom. The molecule has 0 saturated heterocycles. The van der Waals surface area contributed by atoms with Crippen LogP contribution in [0.3, 0.4) is 0 Å². The first kappa shape index (κ1) is 19.1. The molecule has 6 heteroatoms. The number of carbonyl (C=O) groups excluding carboxylic acids is 1. The van der Waals surface area contributed by atoms with E-state index in [-0.39, 0.29) is 12.3 Å². The van der Waals surface area contributed by atoms with Crippen molar-refractivity contribution in [2.24, 2.45) is 5.41 Å². The van der Waals surface area contributed by atoms with Crippen LogP contribution < -0.4 is 14.8 Å². The molecule has 0 bridgehead atoms. The van der Waals surface area contributed by atoms with Gasteiger partial charge in [-0.15, -0.1) is 0 Å². The molecule has 138 valence electrons.